The van der Waals surface area contributed by atoms with Gasteiger partial charge in [0, 0.05) is 25.2 Å². The quantitative estimate of drug-likeness (QED) is 0.617. The molecule has 3 nitrogen and oxygen atoms in total. The first kappa shape index (κ1) is 15.3. The van der Waals surface area contributed by atoms with Gasteiger partial charge in [0.05, 0.1) is 0 Å². The molecule has 0 aromatic heterocycles. The Kier molecular flexibility index (Phi) is 5.17. The minimum absolute atomic E-state index is 0.604. The van der Waals surface area contributed by atoms with Crippen LogP contribution < -0.4 is 10.6 Å². The molecule has 2 N–H and O–H groups in total. The number of nitrogens with zero attached hydrogens (tertiary/aromatic N) is 1. The Hall–Kier alpha value is -0.610. The summed E-state index contributed by atoms with van der Waals surface area (Å²) in [7, 11) is 0. The fraction of sp³-hybridized carbons (Fsp3) is 0.824. The van der Waals surface area contributed by atoms with Crippen LogP contribution in [-0.2, 0) is 0 Å². The molecule has 3 saturated heterocycles. The molecule has 3 heterocycles. The molecule has 118 valence electrons. The Labute approximate surface area is 134 Å². The normalized spacial score (nSPS) is 36.2. The van der Waals surface area contributed by atoms with Crippen molar-refractivity contribution in [3.8, 4) is 0 Å². The largest absolute Gasteiger partial charge is 0.361 e. The SMILES string of the molecule is C=C[C@H]1CN2CC[C@@H]1C[C@@H]2CNC(=S)NC1CCCCC1. The molecule has 0 aromatic rings. The first-order valence-electron chi connectivity index (χ1n) is 8.67. The Morgan fingerprint density at radius 1 is 1.24 bits per heavy atom. The molecular formula is C17H29N3S. The highest BCUT2D eigenvalue weighted by Crippen LogP contribution is 2.36. The van der Waals surface area contributed by atoms with E-state index in [9.17, 15) is 0 Å². The predicted molar refractivity (Wildman–Crippen MR) is 92.4 cm³/mol. The molecule has 3 aliphatic heterocycles. The van der Waals surface area contributed by atoms with E-state index < -0.39 is 0 Å². The summed E-state index contributed by atoms with van der Waals surface area (Å²) < 4.78 is 0. The summed E-state index contributed by atoms with van der Waals surface area (Å²) in [5.41, 5.74) is 0. The van der Waals surface area contributed by atoms with Gasteiger partial charge in [-0.05, 0) is 56.3 Å². The molecule has 1 saturated carbocycles. The average molecular weight is 308 g/mol. The van der Waals surface area contributed by atoms with Crippen LogP contribution in [0.15, 0.2) is 12.7 Å². The molecular weight excluding hydrogens is 278 g/mol. The second kappa shape index (κ2) is 7.10. The van der Waals surface area contributed by atoms with E-state index in [0.717, 1.165) is 17.6 Å². The van der Waals surface area contributed by atoms with Gasteiger partial charge in [0.25, 0.3) is 0 Å². The van der Waals surface area contributed by atoms with Crippen molar-refractivity contribution in [1.82, 2.24) is 15.5 Å². The second-order valence-electron chi connectivity index (χ2n) is 7.02. The monoisotopic (exact) mass is 307 g/mol. The summed E-state index contributed by atoms with van der Waals surface area (Å²) in [6, 6.07) is 1.26. The van der Waals surface area contributed by atoms with Crippen molar-refractivity contribution >= 4 is 17.3 Å². The number of hydrogen-bond acceptors (Lipinski definition) is 2. The van der Waals surface area contributed by atoms with Gasteiger partial charge in [-0.1, -0.05) is 25.3 Å². The van der Waals surface area contributed by atoms with E-state index in [0.29, 0.717) is 18.0 Å². The lowest BCUT2D eigenvalue weighted by molar-refractivity contribution is 0.0214. The summed E-state index contributed by atoms with van der Waals surface area (Å²) in [6.45, 7) is 7.45. The number of nitrogens with one attached hydrogen (secondary N) is 2. The van der Waals surface area contributed by atoms with E-state index in [-0.39, 0.29) is 0 Å². The van der Waals surface area contributed by atoms with Crippen LogP contribution in [0.2, 0.25) is 0 Å². The highest BCUT2D eigenvalue weighted by Gasteiger charge is 2.38. The molecule has 0 aromatic carbocycles. The predicted octanol–water partition coefficient (Wildman–Crippen LogP) is 2.68. The molecule has 4 fully saturated rings. The summed E-state index contributed by atoms with van der Waals surface area (Å²) in [5.74, 6) is 1.56. The Bertz CT molecular complexity index is 378. The number of piperidine rings is 3. The van der Waals surface area contributed by atoms with E-state index in [1.165, 1.54) is 58.0 Å². The molecule has 0 radical (unpaired) electrons. The highest BCUT2D eigenvalue weighted by atomic mass is 32.1. The summed E-state index contributed by atoms with van der Waals surface area (Å²) in [4.78, 5) is 2.63. The van der Waals surface area contributed by atoms with Crippen LogP contribution in [0.5, 0.6) is 0 Å². The van der Waals surface area contributed by atoms with E-state index in [4.69, 9.17) is 12.2 Å². The fourth-order valence-electron chi connectivity index (χ4n) is 4.35. The molecule has 2 bridgehead atoms. The summed E-state index contributed by atoms with van der Waals surface area (Å²) in [5, 5.41) is 7.84. The van der Waals surface area contributed by atoms with Crippen molar-refractivity contribution in [2.45, 2.75) is 57.0 Å². The lowest BCUT2D eigenvalue weighted by Crippen LogP contribution is -2.57. The first-order chi connectivity index (χ1) is 10.3. The molecule has 0 amide bonds. The van der Waals surface area contributed by atoms with Crippen LogP contribution >= 0.6 is 12.2 Å². The molecule has 21 heavy (non-hydrogen) atoms. The lowest BCUT2D eigenvalue weighted by atomic mass is 9.75. The zero-order chi connectivity index (χ0) is 14.7. The van der Waals surface area contributed by atoms with Gasteiger partial charge in [0.1, 0.15) is 0 Å². The molecule has 1 unspecified atom stereocenters. The highest BCUT2D eigenvalue weighted by molar-refractivity contribution is 7.80. The van der Waals surface area contributed by atoms with Crippen molar-refractivity contribution < 1.29 is 0 Å². The average Bonchev–Trinajstić information content (AvgIpc) is 2.54. The van der Waals surface area contributed by atoms with Crippen molar-refractivity contribution in [3.05, 3.63) is 12.7 Å². The van der Waals surface area contributed by atoms with Gasteiger partial charge in [-0.3, -0.25) is 4.90 Å². The molecule has 4 aliphatic rings. The summed E-state index contributed by atoms with van der Waals surface area (Å²) in [6.07, 6.45) is 11.5. The Balaban J connectivity index is 1.41. The number of rotatable bonds is 4. The van der Waals surface area contributed by atoms with Gasteiger partial charge >= 0.3 is 0 Å². The standard InChI is InChI=1S/C17H29N3S/c1-2-13-12-20-9-8-14(13)10-16(20)11-18-17(21)19-15-6-4-3-5-7-15/h2,13-16H,1,3-12H2,(H2,18,19,21)/t13-,14+,16+/m0/s1. The fourth-order valence-corrected chi connectivity index (χ4v) is 4.60. The van der Waals surface area contributed by atoms with Crippen molar-refractivity contribution in [2.24, 2.45) is 11.8 Å². The maximum absolute atomic E-state index is 5.48. The van der Waals surface area contributed by atoms with E-state index in [1.54, 1.807) is 0 Å². The molecule has 4 atom stereocenters. The minimum Gasteiger partial charge on any atom is -0.361 e. The Morgan fingerprint density at radius 3 is 2.71 bits per heavy atom. The maximum Gasteiger partial charge on any atom is 0.166 e. The van der Waals surface area contributed by atoms with Crippen LogP contribution in [0.4, 0.5) is 0 Å². The first-order valence-corrected chi connectivity index (χ1v) is 9.08. The Morgan fingerprint density at radius 2 is 2.05 bits per heavy atom. The molecule has 4 heteroatoms. The van der Waals surface area contributed by atoms with Gasteiger partial charge < -0.3 is 10.6 Å². The zero-order valence-corrected chi connectivity index (χ0v) is 13.8. The van der Waals surface area contributed by atoms with Crippen LogP contribution in [0.1, 0.15) is 44.9 Å². The number of fused-ring (bicyclic) bond motifs is 3. The van der Waals surface area contributed by atoms with Crippen molar-refractivity contribution in [1.29, 1.82) is 0 Å². The third-order valence-corrected chi connectivity index (χ3v) is 5.93. The third kappa shape index (κ3) is 3.78. The smallest absolute Gasteiger partial charge is 0.166 e. The van der Waals surface area contributed by atoms with Crippen molar-refractivity contribution in [2.75, 3.05) is 19.6 Å². The van der Waals surface area contributed by atoms with E-state index in [2.05, 4.69) is 28.2 Å². The van der Waals surface area contributed by atoms with Gasteiger partial charge in [-0.2, -0.15) is 0 Å². The van der Waals surface area contributed by atoms with E-state index in [1.807, 2.05) is 0 Å². The third-order valence-electron chi connectivity index (χ3n) is 5.67. The van der Waals surface area contributed by atoms with E-state index >= 15 is 0 Å². The number of thiocarbonyl (C=S) groups is 1. The maximum atomic E-state index is 5.48. The molecule has 1 aliphatic carbocycles. The summed E-state index contributed by atoms with van der Waals surface area (Å²) >= 11 is 5.48. The van der Waals surface area contributed by atoms with Gasteiger partial charge in [0.15, 0.2) is 5.11 Å². The van der Waals surface area contributed by atoms with Crippen LogP contribution in [0, 0.1) is 11.8 Å². The number of hydrogen-bond donors (Lipinski definition) is 2. The van der Waals surface area contributed by atoms with Crippen LogP contribution in [-0.4, -0.2) is 41.7 Å². The lowest BCUT2D eigenvalue weighted by Gasteiger charge is -2.49. The molecule has 0 spiro atoms. The van der Waals surface area contributed by atoms with Gasteiger partial charge in [0.2, 0.25) is 0 Å². The van der Waals surface area contributed by atoms with Crippen LogP contribution in [0.25, 0.3) is 0 Å². The van der Waals surface area contributed by atoms with Gasteiger partial charge in [-0.15, -0.1) is 6.58 Å². The minimum atomic E-state index is 0.604. The topological polar surface area (TPSA) is 27.3 Å². The molecule has 4 rings (SSSR count). The van der Waals surface area contributed by atoms with Crippen LogP contribution in [0.3, 0.4) is 0 Å². The van der Waals surface area contributed by atoms with Gasteiger partial charge in [-0.25, -0.2) is 0 Å². The second-order valence-corrected chi connectivity index (χ2v) is 7.43. The zero-order valence-electron chi connectivity index (χ0n) is 13.0. The van der Waals surface area contributed by atoms with Crippen molar-refractivity contribution in [3.63, 3.8) is 0 Å².